The summed E-state index contributed by atoms with van der Waals surface area (Å²) >= 11 is 0. The minimum Gasteiger partial charge on any atom is -0.480 e. The number of fused-ring (bicyclic) bond motifs is 3. The molecule has 0 radical (unpaired) electrons. The average molecular weight is 393 g/mol. The van der Waals surface area contributed by atoms with Gasteiger partial charge in [0.15, 0.2) is 0 Å². The van der Waals surface area contributed by atoms with Crippen molar-refractivity contribution in [1.29, 1.82) is 0 Å². The first-order valence-electron chi connectivity index (χ1n) is 9.30. The smallest absolute Gasteiger partial charge is 0.326 e. The molecule has 3 aromatic rings. The van der Waals surface area contributed by atoms with Crippen molar-refractivity contribution in [2.45, 2.75) is 31.8 Å². The first-order chi connectivity index (χ1) is 13.9. The van der Waals surface area contributed by atoms with Gasteiger partial charge in [-0.05, 0) is 17.2 Å². The van der Waals surface area contributed by atoms with Crippen LogP contribution in [0.5, 0.6) is 0 Å². The number of nitrogens with zero attached hydrogens (tertiary/aromatic N) is 2. The highest BCUT2D eigenvalue weighted by molar-refractivity contribution is 5.90. The number of carbonyl (C=O) groups is 2. The highest BCUT2D eigenvalue weighted by atomic mass is 16.6. The summed E-state index contributed by atoms with van der Waals surface area (Å²) < 4.78 is 0. The lowest BCUT2D eigenvalue weighted by Crippen LogP contribution is -2.51. The molecular formula is C21H19N3O5. The van der Waals surface area contributed by atoms with Crippen LogP contribution in [0.15, 0.2) is 48.5 Å². The second-order valence-electron chi connectivity index (χ2n) is 7.03. The van der Waals surface area contributed by atoms with Gasteiger partial charge in [0.25, 0.3) is 5.69 Å². The number of benzene rings is 2. The molecule has 1 aromatic heterocycles. The van der Waals surface area contributed by atoms with Crippen molar-refractivity contribution in [2.75, 3.05) is 0 Å². The molecule has 0 saturated heterocycles. The average Bonchev–Trinajstić information content (AvgIpc) is 3.10. The van der Waals surface area contributed by atoms with Crippen molar-refractivity contribution >= 4 is 28.5 Å². The first-order valence-corrected chi connectivity index (χ1v) is 9.30. The van der Waals surface area contributed by atoms with Gasteiger partial charge in [0.05, 0.1) is 11.0 Å². The normalized spacial score (nSPS) is 18.4. The lowest BCUT2D eigenvalue weighted by Gasteiger charge is -2.40. The third kappa shape index (κ3) is 3.02. The minimum absolute atomic E-state index is 0.110. The number of amides is 1. The number of nitrogens with one attached hydrogen (secondary N) is 1. The van der Waals surface area contributed by atoms with Crippen molar-refractivity contribution in [1.82, 2.24) is 9.88 Å². The lowest BCUT2D eigenvalue weighted by atomic mass is 9.87. The van der Waals surface area contributed by atoms with Gasteiger partial charge >= 0.3 is 5.97 Å². The Morgan fingerprint density at radius 1 is 1.24 bits per heavy atom. The van der Waals surface area contributed by atoms with E-state index in [-0.39, 0.29) is 24.4 Å². The monoisotopic (exact) mass is 393 g/mol. The molecule has 1 amide bonds. The summed E-state index contributed by atoms with van der Waals surface area (Å²) in [5.74, 6) is -1.42. The number of H-pyrrole nitrogens is 1. The van der Waals surface area contributed by atoms with Crippen molar-refractivity contribution in [2.24, 2.45) is 0 Å². The topological polar surface area (TPSA) is 117 Å². The number of hydrogen-bond donors (Lipinski definition) is 2. The number of nitro groups is 1. The third-order valence-electron chi connectivity index (χ3n) is 5.40. The van der Waals surface area contributed by atoms with Crippen LogP contribution in [-0.4, -0.2) is 37.8 Å². The predicted molar refractivity (Wildman–Crippen MR) is 106 cm³/mol. The molecule has 8 nitrogen and oxygen atoms in total. The minimum atomic E-state index is -1.10. The van der Waals surface area contributed by atoms with Crippen LogP contribution >= 0.6 is 0 Å². The van der Waals surface area contributed by atoms with E-state index in [4.69, 9.17) is 0 Å². The second kappa shape index (κ2) is 7.05. The Bertz CT molecular complexity index is 1140. The summed E-state index contributed by atoms with van der Waals surface area (Å²) in [6.07, 6.45) is 0.302. The zero-order valence-corrected chi connectivity index (χ0v) is 15.7. The van der Waals surface area contributed by atoms with Gasteiger partial charge in [0.2, 0.25) is 5.91 Å². The maximum atomic E-state index is 12.8. The van der Waals surface area contributed by atoms with Crippen LogP contribution in [0.2, 0.25) is 0 Å². The van der Waals surface area contributed by atoms with Crippen LogP contribution in [0.3, 0.4) is 0 Å². The van der Waals surface area contributed by atoms with Crippen LogP contribution in [-0.2, 0) is 16.0 Å². The number of rotatable bonds is 4. The molecule has 1 aliphatic heterocycles. The summed E-state index contributed by atoms with van der Waals surface area (Å²) in [6, 6.07) is 11.7. The molecule has 2 atom stereocenters. The molecule has 4 rings (SSSR count). The molecule has 2 heterocycles. The van der Waals surface area contributed by atoms with Gasteiger partial charge in [-0.3, -0.25) is 14.9 Å². The summed E-state index contributed by atoms with van der Waals surface area (Å²) in [6.45, 7) is 1.67. The Morgan fingerprint density at radius 3 is 2.69 bits per heavy atom. The van der Waals surface area contributed by atoms with Crippen LogP contribution in [0, 0.1) is 10.1 Å². The van der Waals surface area contributed by atoms with Crippen LogP contribution in [0.4, 0.5) is 5.69 Å². The standard InChI is InChI=1S/C21H19N3O5/c1-2-18(25)23-17(21(26)27)11-15-14-8-3-4-9-16(14)22-19(15)20(23)12-6-5-7-13(10-12)24(28)29/h3-10,17,20,22H,2,11H2,1H3,(H,26,27)/t17-,20+/m1/s1. The number of carbonyl (C=O) groups excluding carboxylic acids is 1. The molecule has 0 unspecified atom stereocenters. The van der Waals surface area contributed by atoms with E-state index in [0.717, 1.165) is 16.5 Å². The molecule has 0 saturated carbocycles. The van der Waals surface area contributed by atoms with E-state index in [0.29, 0.717) is 11.3 Å². The van der Waals surface area contributed by atoms with Gasteiger partial charge in [-0.2, -0.15) is 0 Å². The number of aromatic amines is 1. The largest absolute Gasteiger partial charge is 0.480 e. The second-order valence-corrected chi connectivity index (χ2v) is 7.03. The van der Waals surface area contributed by atoms with E-state index in [2.05, 4.69) is 4.98 Å². The van der Waals surface area contributed by atoms with Crippen LogP contribution < -0.4 is 0 Å². The van der Waals surface area contributed by atoms with Gasteiger partial charge in [0, 0.05) is 41.6 Å². The Balaban J connectivity index is 2.00. The fourth-order valence-corrected chi connectivity index (χ4v) is 4.13. The first kappa shape index (κ1) is 18.7. The highest BCUT2D eigenvalue weighted by Crippen LogP contribution is 2.41. The Morgan fingerprint density at radius 2 is 2.00 bits per heavy atom. The number of carboxylic acid groups (broad SMARTS) is 1. The van der Waals surface area contributed by atoms with E-state index >= 15 is 0 Å². The number of aromatic nitrogens is 1. The molecule has 0 aliphatic carbocycles. The molecule has 148 valence electrons. The molecule has 2 N–H and O–H groups in total. The molecule has 0 fully saturated rings. The van der Waals surface area contributed by atoms with Crippen LogP contribution in [0.1, 0.15) is 36.2 Å². The van der Waals surface area contributed by atoms with Crippen molar-refractivity contribution in [3.05, 3.63) is 75.5 Å². The summed E-state index contributed by atoms with van der Waals surface area (Å²) in [5, 5.41) is 22.1. The fraction of sp³-hybridized carbons (Fsp3) is 0.238. The van der Waals surface area contributed by atoms with E-state index in [1.165, 1.54) is 17.0 Å². The van der Waals surface area contributed by atoms with Gasteiger partial charge in [-0.15, -0.1) is 0 Å². The third-order valence-corrected chi connectivity index (χ3v) is 5.40. The van der Waals surface area contributed by atoms with Crippen molar-refractivity contribution in [3.8, 4) is 0 Å². The Kier molecular flexibility index (Phi) is 4.54. The van der Waals surface area contributed by atoms with E-state index in [9.17, 15) is 24.8 Å². The van der Waals surface area contributed by atoms with Gasteiger partial charge < -0.3 is 15.0 Å². The number of hydrogen-bond acceptors (Lipinski definition) is 4. The quantitative estimate of drug-likeness (QED) is 0.520. The summed E-state index contributed by atoms with van der Waals surface area (Å²) in [7, 11) is 0. The molecule has 0 spiro atoms. The zero-order valence-electron chi connectivity index (χ0n) is 15.7. The van der Waals surface area contributed by atoms with Crippen molar-refractivity contribution in [3.63, 3.8) is 0 Å². The van der Waals surface area contributed by atoms with E-state index in [1.807, 2.05) is 24.3 Å². The fourth-order valence-electron chi connectivity index (χ4n) is 4.13. The van der Waals surface area contributed by atoms with Gasteiger partial charge in [-0.1, -0.05) is 37.3 Å². The summed E-state index contributed by atoms with van der Waals surface area (Å²) in [5.41, 5.74) is 2.75. The van der Waals surface area contributed by atoms with Gasteiger partial charge in [-0.25, -0.2) is 4.79 Å². The SMILES string of the molecule is CCC(=O)N1[C@@H](c2cccc([N+](=O)[O-])c2)c2[nH]c3ccccc3c2C[C@@H]1C(=O)O. The Hall–Kier alpha value is -3.68. The molecule has 8 heteroatoms. The Labute approximate surface area is 165 Å². The molecule has 29 heavy (non-hydrogen) atoms. The number of non-ortho nitro benzene ring substituents is 1. The van der Waals surface area contributed by atoms with Crippen LogP contribution in [0.25, 0.3) is 10.9 Å². The molecule has 0 bridgehead atoms. The number of aliphatic carboxylic acids is 1. The molecule has 2 aromatic carbocycles. The maximum Gasteiger partial charge on any atom is 0.326 e. The van der Waals surface area contributed by atoms with E-state index in [1.54, 1.807) is 19.1 Å². The van der Waals surface area contributed by atoms with Crippen molar-refractivity contribution < 1.29 is 19.6 Å². The van der Waals surface area contributed by atoms with E-state index < -0.39 is 23.0 Å². The zero-order chi connectivity index (χ0) is 20.7. The molecular weight excluding hydrogens is 374 g/mol. The number of nitro benzene ring substituents is 1. The maximum absolute atomic E-state index is 12.8. The number of carboxylic acids is 1. The lowest BCUT2D eigenvalue weighted by molar-refractivity contribution is -0.384. The number of para-hydroxylation sites is 1. The van der Waals surface area contributed by atoms with Gasteiger partial charge in [0.1, 0.15) is 6.04 Å². The predicted octanol–water partition coefficient (Wildman–Crippen LogP) is 3.41. The summed E-state index contributed by atoms with van der Waals surface area (Å²) in [4.78, 5) is 40.4. The molecule has 1 aliphatic rings. The highest BCUT2D eigenvalue weighted by Gasteiger charge is 2.43.